The van der Waals surface area contributed by atoms with Gasteiger partial charge in [0.2, 0.25) is 5.91 Å². The molecule has 0 aromatic heterocycles. The number of likely N-dealkylation sites (tertiary alicyclic amines) is 1. The minimum atomic E-state index is 0. The van der Waals surface area contributed by atoms with Gasteiger partial charge in [0.1, 0.15) is 0 Å². The molecular weight excluding hydrogens is 366 g/mol. The van der Waals surface area contributed by atoms with E-state index >= 15 is 0 Å². The van der Waals surface area contributed by atoms with Crippen LogP contribution >= 0.6 is 28.3 Å². The Morgan fingerprint density at radius 2 is 2.14 bits per heavy atom. The molecular formula is C16H25BrClN3O. The normalized spacial score (nSPS) is 18.5. The van der Waals surface area contributed by atoms with E-state index < -0.39 is 0 Å². The third-order valence-corrected chi connectivity index (χ3v) is 4.76. The Bertz CT molecular complexity index is 472. The van der Waals surface area contributed by atoms with Crippen LogP contribution in [0.4, 0.5) is 0 Å². The second-order valence-electron chi connectivity index (χ2n) is 5.55. The summed E-state index contributed by atoms with van der Waals surface area (Å²) in [6.45, 7) is 3.16. The molecule has 4 nitrogen and oxygen atoms in total. The van der Waals surface area contributed by atoms with Gasteiger partial charge in [0.05, 0.1) is 0 Å². The molecule has 3 N–H and O–H groups in total. The highest BCUT2D eigenvalue weighted by molar-refractivity contribution is 9.10. The van der Waals surface area contributed by atoms with E-state index in [1.165, 1.54) is 18.4 Å². The van der Waals surface area contributed by atoms with Crippen molar-refractivity contribution in [3.63, 3.8) is 0 Å². The monoisotopic (exact) mass is 389 g/mol. The number of rotatable bonds is 6. The van der Waals surface area contributed by atoms with E-state index in [2.05, 4.69) is 44.3 Å². The zero-order valence-electron chi connectivity index (χ0n) is 12.8. The van der Waals surface area contributed by atoms with Crippen LogP contribution in [0.15, 0.2) is 28.7 Å². The van der Waals surface area contributed by atoms with Crippen LogP contribution in [0.25, 0.3) is 0 Å². The quantitative estimate of drug-likeness (QED) is 0.785. The number of piperidine rings is 1. The molecule has 1 atom stereocenters. The number of hydrogen-bond acceptors (Lipinski definition) is 3. The number of nitrogens with zero attached hydrogens (tertiary/aromatic N) is 1. The maximum Gasteiger partial charge on any atom is 0.221 e. The Kier molecular flexibility index (Phi) is 9.02. The molecule has 2 rings (SSSR count). The van der Waals surface area contributed by atoms with E-state index in [1.54, 1.807) is 0 Å². The molecule has 1 aliphatic rings. The lowest BCUT2D eigenvalue weighted by atomic mass is 10.0. The zero-order chi connectivity index (χ0) is 15.1. The highest BCUT2D eigenvalue weighted by Gasteiger charge is 2.23. The average Bonchev–Trinajstić information content (AvgIpc) is 2.49. The molecule has 0 spiro atoms. The fourth-order valence-corrected chi connectivity index (χ4v) is 3.21. The largest absolute Gasteiger partial charge is 0.354 e. The van der Waals surface area contributed by atoms with Crippen LogP contribution in [0.2, 0.25) is 0 Å². The van der Waals surface area contributed by atoms with Crippen molar-refractivity contribution >= 4 is 34.2 Å². The molecule has 1 aromatic rings. The van der Waals surface area contributed by atoms with Gasteiger partial charge < -0.3 is 11.1 Å². The predicted octanol–water partition coefficient (Wildman–Crippen LogP) is 2.69. The standard InChI is InChI=1S/C16H24BrN3O.ClH/c17-15-7-2-1-5-13(15)12-20-10-4-3-6-14(20)11-19-16(21)8-9-18;/h1-2,5,7,14H,3-4,6,8-12,18H2,(H,19,21);1H. The lowest BCUT2D eigenvalue weighted by Gasteiger charge is -2.36. The summed E-state index contributed by atoms with van der Waals surface area (Å²) < 4.78 is 1.15. The van der Waals surface area contributed by atoms with Crippen LogP contribution in [0.3, 0.4) is 0 Å². The van der Waals surface area contributed by atoms with E-state index in [0.717, 1.165) is 30.5 Å². The molecule has 1 aromatic carbocycles. The molecule has 1 aliphatic heterocycles. The summed E-state index contributed by atoms with van der Waals surface area (Å²) in [7, 11) is 0. The van der Waals surface area contributed by atoms with Crippen molar-refractivity contribution in [1.82, 2.24) is 10.2 Å². The van der Waals surface area contributed by atoms with Gasteiger partial charge in [-0.3, -0.25) is 9.69 Å². The number of nitrogens with two attached hydrogens (primary N) is 1. The van der Waals surface area contributed by atoms with Crippen LogP contribution in [0, 0.1) is 0 Å². The molecule has 0 saturated carbocycles. The molecule has 1 amide bonds. The summed E-state index contributed by atoms with van der Waals surface area (Å²) >= 11 is 3.62. The fourth-order valence-electron chi connectivity index (χ4n) is 2.80. The van der Waals surface area contributed by atoms with Crippen molar-refractivity contribution in [2.75, 3.05) is 19.6 Å². The van der Waals surface area contributed by atoms with Crippen molar-refractivity contribution in [1.29, 1.82) is 0 Å². The first-order valence-electron chi connectivity index (χ1n) is 7.65. The molecule has 0 radical (unpaired) electrons. The summed E-state index contributed by atoms with van der Waals surface area (Å²) in [5.41, 5.74) is 6.71. The highest BCUT2D eigenvalue weighted by atomic mass is 79.9. The number of carbonyl (C=O) groups is 1. The maximum atomic E-state index is 11.6. The molecule has 124 valence electrons. The van der Waals surface area contributed by atoms with Crippen LogP contribution in [-0.2, 0) is 11.3 Å². The van der Waals surface area contributed by atoms with Gasteiger partial charge in [-0.15, -0.1) is 12.4 Å². The Labute approximate surface area is 147 Å². The van der Waals surface area contributed by atoms with Crippen molar-refractivity contribution in [2.45, 2.75) is 38.3 Å². The van der Waals surface area contributed by atoms with Crippen molar-refractivity contribution in [2.24, 2.45) is 5.73 Å². The van der Waals surface area contributed by atoms with Crippen molar-refractivity contribution < 1.29 is 4.79 Å². The van der Waals surface area contributed by atoms with Gasteiger partial charge in [0.15, 0.2) is 0 Å². The lowest BCUT2D eigenvalue weighted by molar-refractivity contribution is -0.121. The Balaban J connectivity index is 0.00000242. The summed E-state index contributed by atoms with van der Waals surface area (Å²) in [5.74, 6) is 0.0592. The molecule has 1 fully saturated rings. The molecule has 0 aliphatic carbocycles. The van der Waals surface area contributed by atoms with Gasteiger partial charge in [-0.05, 0) is 31.0 Å². The average molecular weight is 391 g/mol. The van der Waals surface area contributed by atoms with Crippen LogP contribution in [0.5, 0.6) is 0 Å². The first-order chi connectivity index (χ1) is 10.2. The zero-order valence-corrected chi connectivity index (χ0v) is 15.2. The molecule has 1 saturated heterocycles. The van der Waals surface area contributed by atoms with E-state index in [1.807, 2.05) is 6.07 Å². The molecule has 1 heterocycles. The van der Waals surface area contributed by atoms with E-state index in [9.17, 15) is 4.79 Å². The Morgan fingerprint density at radius 1 is 1.36 bits per heavy atom. The number of nitrogens with one attached hydrogen (secondary N) is 1. The smallest absolute Gasteiger partial charge is 0.221 e. The lowest BCUT2D eigenvalue weighted by Crippen LogP contribution is -2.46. The van der Waals surface area contributed by atoms with Crippen LogP contribution < -0.4 is 11.1 Å². The van der Waals surface area contributed by atoms with Gasteiger partial charge in [0.25, 0.3) is 0 Å². The number of carbonyl (C=O) groups excluding carboxylic acids is 1. The number of halogens is 2. The van der Waals surface area contributed by atoms with Gasteiger partial charge in [-0.2, -0.15) is 0 Å². The van der Waals surface area contributed by atoms with E-state index in [0.29, 0.717) is 19.0 Å². The van der Waals surface area contributed by atoms with Gasteiger partial charge in [0, 0.05) is 36.6 Å². The van der Waals surface area contributed by atoms with Crippen LogP contribution in [-0.4, -0.2) is 36.5 Å². The first-order valence-corrected chi connectivity index (χ1v) is 8.44. The van der Waals surface area contributed by atoms with Gasteiger partial charge in [-0.25, -0.2) is 0 Å². The van der Waals surface area contributed by atoms with Crippen molar-refractivity contribution in [3.8, 4) is 0 Å². The number of amides is 1. The predicted molar refractivity (Wildman–Crippen MR) is 96.1 cm³/mol. The Morgan fingerprint density at radius 3 is 2.86 bits per heavy atom. The summed E-state index contributed by atoms with van der Waals surface area (Å²) in [4.78, 5) is 14.1. The minimum absolute atomic E-state index is 0. The highest BCUT2D eigenvalue weighted by Crippen LogP contribution is 2.23. The SMILES string of the molecule is Cl.NCCC(=O)NCC1CCCCN1Cc1ccccc1Br. The summed E-state index contributed by atoms with van der Waals surface area (Å²) in [6.07, 6.45) is 4.03. The molecule has 0 bridgehead atoms. The number of benzene rings is 1. The first kappa shape index (κ1) is 19.4. The molecule has 1 unspecified atom stereocenters. The van der Waals surface area contributed by atoms with Crippen LogP contribution in [0.1, 0.15) is 31.2 Å². The summed E-state index contributed by atoms with van der Waals surface area (Å²) in [5, 5.41) is 3.01. The topological polar surface area (TPSA) is 58.4 Å². The van der Waals surface area contributed by atoms with Gasteiger partial charge in [-0.1, -0.05) is 40.5 Å². The number of hydrogen-bond donors (Lipinski definition) is 2. The van der Waals surface area contributed by atoms with E-state index in [4.69, 9.17) is 5.73 Å². The Hall–Kier alpha value is -0.620. The maximum absolute atomic E-state index is 11.6. The molecule has 6 heteroatoms. The second kappa shape index (κ2) is 10.2. The van der Waals surface area contributed by atoms with E-state index in [-0.39, 0.29) is 18.3 Å². The van der Waals surface area contributed by atoms with Gasteiger partial charge >= 0.3 is 0 Å². The summed E-state index contributed by atoms with van der Waals surface area (Å²) in [6, 6.07) is 8.77. The fraction of sp³-hybridized carbons (Fsp3) is 0.562. The second-order valence-corrected chi connectivity index (χ2v) is 6.41. The minimum Gasteiger partial charge on any atom is -0.354 e. The molecule has 22 heavy (non-hydrogen) atoms. The van der Waals surface area contributed by atoms with Crippen molar-refractivity contribution in [3.05, 3.63) is 34.3 Å². The third kappa shape index (κ3) is 5.88. The third-order valence-electron chi connectivity index (χ3n) is 3.99.